The molecule has 1 aliphatic rings. The molecule has 0 radical (unpaired) electrons. The van der Waals surface area contributed by atoms with Crippen molar-refractivity contribution in [2.45, 2.75) is 18.4 Å². The smallest absolute Gasteiger partial charge is 0.186 e. The summed E-state index contributed by atoms with van der Waals surface area (Å²) in [5, 5.41) is 13.5. The van der Waals surface area contributed by atoms with Crippen LogP contribution in [-0.2, 0) is 4.74 Å². The van der Waals surface area contributed by atoms with Crippen molar-refractivity contribution in [2.75, 3.05) is 31.7 Å². The van der Waals surface area contributed by atoms with Crippen LogP contribution in [0.4, 0.5) is 5.13 Å². The largest absolute Gasteiger partial charge is 0.388 e. The van der Waals surface area contributed by atoms with Crippen molar-refractivity contribution in [3.8, 4) is 0 Å². The Labute approximate surface area is 104 Å². The highest BCUT2D eigenvalue weighted by Crippen LogP contribution is 2.27. The average Bonchev–Trinajstić information content (AvgIpc) is 2.65. The van der Waals surface area contributed by atoms with Gasteiger partial charge in [-0.05, 0) is 0 Å². The monoisotopic (exact) mass is 262 g/mol. The Morgan fingerprint density at radius 2 is 2.31 bits per heavy atom. The van der Waals surface area contributed by atoms with E-state index in [4.69, 9.17) is 16.3 Å². The topological polar surface area (TPSA) is 45.6 Å². The van der Waals surface area contributed by atoms with Gasteiger partial charge in [-0.1, -0.05) is 11.6 Å². The maximum absolute atomic E-state index is 10.3. The number of nitrogens with zero attached hydrogens (tertiary/aromatic N) is 2. The molecule has 0 aromatic carbocycles. The summed E-state index contributed by atoms with van der Waals surface area (Å²) in [7, 11) is 1.92. The fourth-order valence-electron chi connectivity index (χ4n) is 1.84. The zero-order chi connectivity index (χ0) is 11.6. The molecule has 16 heavy (non-hydrogen) atoms. The van der Waals surface area contributed by atoms with Crippen molar-refractivity contribution < 1.29 is 9.84 Å². The molecule has 0 spiro atoms. The van der Waals surface area contributed by atoms with Crippen molar-refractivity contribution >= 4 is 28.1 Å². The highest BCUT2D eigenvalue weighted by molar-refractivity contribution is 7.14. The second kappa shape index (κ2) is 4.87. The predicted molar refractivity (Wildman–Crippen MR) is 65.4 cm³/mol. The number of anilines is 1. The van der Waals surface area contributed by atoms with Crippen molar-refractivity contribution in [1.29, 1.82) is 0 Å². The van der Waals surface area contributed by atoms with Crippen LogP contribution in [0.5, 0.6) is 0 Å². The predicted octanol–water partition coefficient (Wildman–Crippen LogP) is 1.77. The summed E-state index contributed by atoms with van der Waals surface area (Å²) in [4.78, 5) is 6.12. The Balaban J connectivity index is 1.98. The molecule has 1 aromatic heterocycles. The summed E-state index contributed by atoms with van der Waals surface area (Å²) in [5.41, 5.74) is -0.662. The third kappa shape index (κ3) is 2.85. The number of hydrogen-bond donors (Lipinski definition) is 1. The molecule has 4 nitrogen and oxygen atoms in total. The molecule has 0 bridgehead atoms. The molecule has 1 fully saturated rings. The molecule has 6 heteroatoms. The SMILES string of the molecule is CN(CC1(O)CCOCC1)c1nc(Cl)cs1. The van der Waals surface area contributed by atoms with Gasteiger partial charge in [0.1, 0.15) is 5.15 Å². The normalized spacial score (nSPS) is 19.7. The van der Waals surface area contributed by atoms with E-state index in [0.717, 1.165) is 5.13 Å². The lowest BCUT2D eigenvalue weighted by molar-refractivity contribution is -0.0572. The highest BCUT2D eigenvalue weighted by atomic mass is 35.5. The van der Waals surface area contributed by atoms with Gasteiger partial charge in [0, 0.05) is 45.0 Å². The van der Waals surface area contributed by atoms with E-state index >= 15 is 0 Å². The van der Waals surface area contributed by atoms with Crippen LogP contribution in [0.25, 0.3) is 0 Å². The Hall–Kier alpha value is -0.360. The first kappa shape index (κ1) is 12.1. The number of halogens is 1. The van der Waals surface area contributed by atoms with Gasteiger partial charge in [-0.15, -0.1) is 11.3 Å². The summed E-state index contributed by atoms with van der Waals surface area (Å²) in [6, 6.07) is 0. The Morgan fingerprint density at radius 1 is 1.62 bits per heavy atom. The number of rotatable bonds is 3. The van der Waals surface area contributed by atoms with E-state index in [2.05, 4.69) is 4.98 Å². The summed E-state index contributed by atoms with van der Waals surface area (Å²) in [5.74, 6) is 0. The van der Waals surface area contributed by atoms with Gasteiger partial charge in [0.15, 0.2) is 5.13 Å². The quantitative estimate of drug-likeness (QED) is 0.902. The van der Waals surface area contributed by atoms with Crippen molar-refractivity contribution in [2.24, 2.45) is 0 Å². The van der Waals surface area contributed by atoms with Crippen LogP contribution >= 0.6 is 22.9 Å². The average molecular weight is 263 g/mol. The van der Waals surface area contributed by atoms with Crippen molar-refractivity contribution in [3.05, 3.63) is 10.5 Å². The lowest BCUT2D eigenvalue weighted by Crippen LogP contribution is -2.45. The van der Waals surface area contributed by atoms with Crippen molar-refractivity contribution in [3.63, 3.8) is 0 Å². The van der Waals surface area contributed by atoms with E-state index in [9.17, 15) is 5.11 Å². The summed E-state index contributed by atoms with van der Waals surface area (Å²) in [6.45, 7) is 1.83. The fourth-order valence-corrected chi connectivity index (χ4v) is 2.75. The molecule has 0 unspecified atom stereocenters. The third-order valence-corrected chi connectivity index (χ3v) is 4.02. The molecule has 1 N–H and O–H groups in total. The number of ether oxygens (including phenoxy) is 1. The molecule has 2 rings (SSSR count). The maximum Gasteiger partial charge on any atom is 0.186 e. The molecule has 0 atom stereocenters. The highest BCUT2D eigenvalue weighted by Gasteiger charge is 2.31. The van der Waals surface area contributed by atoms with Crippen LogP contribution in [0.15, 0.2) is 5.38 Å². The van der Waals surface area contributed by atoms with Crippen LogP contribution in [0.2, 0.25) is 5.15 Å². The van der Waals surface area contributed by atoms with E-state index in [1.807, 2.05) is 11.9 Å². The second-order valence-corrected chi connectivity index (χ2v) is 5.37. The molecule has 1 saturated heterocycles. The minimum atomic E-state index is -0.662. The number of aliphatic hydroxyl groups is 1. The van der Waals surface area contributed by atoms with Gasteiger partial charge in [-0.2, -0.15) is 0 Å². The number of hydrogen-bond acceptors (Lipinski definition) is 5. The zero-order valence-electron chi connectivity index (χ0n) is 9.15. The van der Waals surface area contributed by atoms with Crippen LogP contribution in [-0.4, -0.2) is 42.5 Å². The Kier molecular flexibility index (Phi) is 3.69. The molecule has 0 aliphatic carbocycles. The molecular formula is C10H15ClN2O2S. The van der Waals surface area contributed by atoms with Gasteiger partial charge < -0.3 is 14.7 Å². The Bertz CT molecular complexity index is 352. The van der Waals surface area contributed by atoms with E-state index < -0.39 is 5.60 Å². The Morgan fingerprint density at radius 3 is 2.88 bits per heavy atom. The minimum absolute atomic E-state index is 0.505. The fraction of sp³-hybridized carbons (Fsp3) is 0.700. The van der Waals surface area contributed by atoms with Gasteiger partial charge in [-0.3, -0.25) is 0 Å². The maximum atomic E-state index is 10.3. The van der Waals surface area contributed by atoms with Gasteiger partial charge in [0.05, 0.1) is 5.60 Å². The summed E-state index contributed by atoms with van der Waals surface area (Å²) in [6.07, 6.45) is 1.35. The van der Waals surface area contributed by atoms with Gasteiger partial charge >= 0.3 is 0 Å². The number of thiazole rings is 1. The molecule has 0 saturated carbocycles. The summed E-state index contributed by atoms with van der Waals surface area (Å²) >= 11 is 7.26. The van der Waals surface area contributed by atoms with E-state index in [-0.39, 0.29) is 0 Å². The van der Waals surface area contributed by atoms with Crippen LogP contribution in [0.1, 0.15) is 12.8 Å². The standard InChI is InChI=1S/C10H15ClN2O2S/c1-13(9-12-8(11)6-16-9)7-10(14)2-4-15-5-3-10/h6,14H,2-5,7H2,1H3. The van der Waals surface area contributed by atoms with E-state index in [1.165, 1.54) is 11.3 Å². The first-order valence-electron chi connectivity index (χ1n) is 5.21. The number of likely N-dealkylation sites (N-methyl/N-ethyl adjacent to an activating group) is 1. The molecule has 1 aliphatic heterocycles. The molecular weight excluding hydrogens is 248 g/mol. The van der Waals surface area contributed by atoms with Gasteiger partial charge in [0.2, 0.25) is 0 Å². The minimum Gasteiger partial charge on any atom is -0.388 e. The first-order valence-corrected chi connectivity index (χ1v) is 6.47. The lowest BCUT2D eigenvalue weighted by Gasteiger charge is -2.35. The lowest BCUT2D eigenvalue weighted by atomic mass is 9.94. The first-order chi connectivity index (χ1) is 7.59. The second-order valence-electron chi connectivity index (χ2n) is 4.15. The van der Waals surface area contributed by atoms with E-state index in [1.54, 1.807) is 5.38 Å². The van der Waals surface area contributed by atoms with Gasteiger partial charge in [0.25, 0.3) is 0 Å². The molecule has 0 amide bonds. The zero-order valence-corrected chi connectivity index (χ0v) is 10.7. The van der Waals surface area contributed by atoms with Crippen LogP contribution < -0.4 is 4.90 Å². The van der Waals surface area contributed by atoms with Crippen molar-refractivity contribution in [1.82, 2.24) is 4.98 Å². The number of aromatic nitrogens is 1. The molecule has 1 aromatic rings. The third-order valence-electron chi connectivity index (χ3n) is 2.75. The summed E-state index contributed by atoms with van der Waals surface area (Å²) < 4.78 is 5.24. The van der Waals surface area contributed by atoms with Crippen LogP contribution in [0, 0.1) is 0 Å². The van der Waals surface area contributed by atoms with E-state index in [0.29, 0.717) is 37.8 Å². The molecule has 90 valence electrons. The van der Waals surface area contributed by atoms with Crippen LogP contribution in [0.3, 0.4) is 0 Å². The molecule has 2 heterocycles. The van der Waals surface area contributed by atoms with Gasteiger partial charge in [-0.25, -0.2) is 4.98 Å².